The minimum Gasteiger partial charge on any atom is -0.481 e. The molecule has 0 aliphatic carbocycles. The van der Waals surface area contributed by atoms with Crippen LogP contribution in [0.1, 0.15) is 30.9 Å². The van der Waals surface area contributed by atoms with Crippen LogP contribution in [-0.2, 0) is 9.59 Å². The van der Waals surface area contributed by atoms with Crippen LogP contribution in [0.5, 0.6) is 0 Å². The Balaban J connectivity index is 2.44. The molecule has 1 aromatic rings. The monoisotopic (exact) mass is 251 g/mol. The van der Waals surface area contributed by atoms with E-state index in [0.717, 1.165) is 5.56 Å². The fourth-order valence-electron chi connectivity index (χ4n) is 1.59. The zero-order valence-electron chi connectivity index (χ0n) is 10.0. The van der Waals surface area contributed by atoms with Gasteiger partial charge in [-0.3, -0.25) is 9.59 Å². The molecular weight excluding hydrogens is 234 g/mol. The maximum Gasteiger partial charge on any atom is 0.303 e. The van der Waals surface area contributed by atoms with Gasteiger partial charge in [0.2, 0.25) is 5.91 Å². The first-order valence-corrected chi connectivity index (χ1v) is 5.80. The van der Waals surface area contributed by atoms with Crippen molar-refractivity contribution in [3.05, 3.63) is 35.9 Å². The van der Waals surface area contributed by atoms with E-state index in [1.807, 2.05) is 30.3 Å². The highest BCUT2D eigenvalue weighted by Gasteiger charge is 2.13. The van der Waals surface area contributed by atoms with Gasteiger partial charge in [-0.15, -0.1) is 0 Å². The standard InChI is InChI=1S/C13H17NO4/c15-9-11(10-5-2-1-3-6-10)14-12(16)7-4-8-13(17)18/h1-3,5-6,11,15H,4,7-9H2,(H,14,16)(H,17,18)/t11-/m1/s1. The Morgan fingerprint density at radius 3 is 2.39 bits per heavy atom. The summed E-state index contributed by atoms with van der Waals surface area (Å²) in [5, 5.41) is 20.4. The smallest absolute Gasteiger partial charge is 0.303 e. The van der Waals surface area contributed by atoms with Crippen LogP contribution in [0, 0.1) is 0 Å². The molecule has 1 rings (SSSR count). The molecule has 0 saturated heterocycles. The fourth-order valence-corrected chi connectivity index (χ4v) is 1.59. The average molecular weight is 251 g/mol. The largest absolute Gasteiger partial charge is 0.481 e. The van der Waals surface area contributed by atoms with E-state index >= 15 is 0 Å². The van der Waals surface area contributed by atoms with Crippen LogP contribution in [0.3, 0.4) is 0 Å². The lowest BCUT2D eigenvalue weighted by Crippen LogP contribution is -2.30. The van der Waals surface area contributed by atoms with Crippen molar-refractivity contribution >= 4 is 11.9 Å². The summed E-state index contributed by atoms with van der Waals surface area (Å²) in [6.07, 6.45) is 0.423. The van der Waals surface area contributed by atoms with Gasteiger partial charge < -0.3 is 15.5 Å². The van der Waals surface area contributed by atoms with E-state index in [2.05, 4.69) is 5.32 Å². The van der Waals surface area contributed by atoms with Crippen molar-refractivity contribution in [2.45, 2.75) is 25.3 Å². The van der Waals surface area contributed by atoms with E-state index in [9.17, 15) is 14.7 Å². The van der Waals surface area contributed by atoms with Gasteiger partial charge in [-0.1, -0.05) is 30.3 Å². The number of carbonyl (C=O) groups excluding carboxylic acids is 1. The molecule has 0 aliphatic heterocycles. The predicted molar refractivity (Wildman–Crippen MR) is 65.9 cm³/mol. The highest BCUT2D eigenvalue weighted by molar-refractivity contribution is 5.77. The van der Waals surface area contributed by atoms with Gasteiger partial charge in [-0.05, 0) is 12.0 Å². The third-order valence-corrected chi connectivity index (χ3v) is 2.51. The second-order valence-corrected chi connectivity index (χ2v) is 3.96. The molecule has 0 radical (unpaired) electrons. The number of hydrogen-bond acceptors (Lipinski definition) is 3. The molecule has 0 bridgehead atoms. The topological polar surface area (TPSA) is 86.6 Å². The Labute approximate surface area is 105 Å². The second-order valence-electron chi connectivity index (χ2n) is 3.96. The molecule has 0 aromatic heterocycles. The second kappa shape index (κ2) is 7.45. The van der Waals surface area contributed by atoms with Crippen molar-refractivity contribution in [1.29, 1.82) is 0 Å². The van der Waals surface area contributed by atoms with E-state index in [0.29, 0.717) is 6.42 Å². The molecule has 1 amide bonds. The molecule has 1 aromatic carbocycles. The summed E-state index contributed by atoms with van der Waals surface area (Å²) in [6, 6.07) is 8.70. The van der Waals surface area contributed by atoms with Crippen LogP contribution in [0.2, 0.25) is 0 Å². The Bertz CT molecular complexity index is 391. The van der Waals surface area contributed by atoms with E-state index in [1.165, 1.54) is 0 Å². The normalized spacial score (nSPS) is 11.8. The number of aliphatic hydroxyl groups is 1. The molecule has 0 spiro atoms. The Kier molecular flexibility index (Phi) is 5.87. The van der Waals surface area contributed by atoms with Gasteiger partial charge in [0, 0.05) is 12.8 Å². The van der Waals surface area contributed by atoms with Crippen LogP contribution in [0.25, 0.3) is 0 Å². The van der Waals surface area contributed by atoms with E-state index in [1.54, 1.807) is 0 Å². The molecule has 1 atom stereocenters. The van der Waals surface area contributed by atoms with Gasteiger partial charge in [-0.25, -0.2) is 0 Å². The molecule has 0 aliphatic rings. The minimum atomic E-state index is -0.912. The molecule has 5 heteroatoms. The number of aliphatic carboxylic acids is 1. The number of nitrogens with one attached hydrogen (secondary N) is 1. The molecule has 0 unspecified atom stereocenters. The lowest BCUT2D eigenvalue weighted by molar-refractivity contribution is -0.137. The highest BCUT2D eigenvalue weighted by atomic mass is 16.4. The lowest BCUT2D eigenvalue weighted by atomic mass is 10.1. The van der Waals surface area contributed by atoms with Gasteiger partial charge in [0.15, 0.2) is 0 Å². The van der Waals surface area contributed by atoms with Crippen molar-refractivity contribution in [2.24, 2.45) is 0 Å². The van der Waals surface area contributed by atoms with E-state index < -0.39 is 12.0 Å². The molecule has 0 heterocycles. The number of aliphatic hydroxyl groups excluding tert-OH is 1. The van der Waals surface area contributed by atoms with Gasteiger partial charge in [0.25, 0.3) is 0 Å². The van der Waals surface area contributed by atoms with Gasteiger partial charge >= 0.3 is 5.97 Å². The van der Waals surface area contributed by atoms with Crippen molar-refractivity contribution in [2.75, 3.05) is 6.61 Å². The van der Waals surface area contributed by atoms with Crippen molar-refractivity contribution < 1.29 is 19.8 Å². The predicted octanol–water partition coefficient (Wildman–Crippen LogP) is 1.09. The number of carboxylic acid groups (broad SMARTS) is 1. The number of hydrogen-bond donors (Lipinski definition) is 3. The van der Waals surface area contributed by atoms with E-state index in [-0.39, 0.29) is 25.4 Å². The third kappa shape index (κ3) is 4.97. The zero-order chi connectivity index (χ0) is 13.4. The summed E-state index contributed by atoms with van der Waals surface area (Å²) in [5.41, 5.74) is 0.826. The van der Waals surface area contributed by atoms with Crippen LogP contribution in [-0.4, -0.2) is 28.7 Å². The zero-order valence-corrected chi connectivity index (χ0v) is 10.0. The summed E-state index contributed by atoms with van der Waals surface area (Å²) < 4.78 is 0. The fraction of sp³-hybridized carbons (Fsp3) is 0.385. The maximum absolute atomic E-state index is 11.6. The highest BCUT2D eigenvalue weighted by Crippen LogP contribution is 2.12. The Hall–Kier alpha value is -1.88. The molecule has 0 saturated carbocycles. The minimum absolute atomic E-state index is 0.0252. The molecule has 3 N–H and O–H groups in total. The average Bonchev–Trinajstić information content (AvgIpc) is 2.36. The number of carboxylic acids is 1. The summed E-state index contributed by atoms with van der Waals surface area (Å²) in [7, 11) is 0. The maximum atomic E-state index is 11.6. The van der Waals surface area contributed by atoms with Gasteiger partial charge in [-0.2, -0.15) is 0 Å². The third-order valence-electron chi connectivity index (χ3n) is 2.51. The summed E-state index contributed by atoms with van der Waals surface area (Å²) in [4.78, 5) is 21.9. The first kappa shape index (κ1) is 14.2. The summed E-state index contributed by atoms with van der Waals surface area (Å²) in [5.74, 6) is -1.16. The molecule has 5 nitrogen and oxygen atoms in total. The van der Waals surface area contributed by atoms with Gasteiger partial charge in [0.05, 0.1) is 12.6 Å². The van der Waals surface area contributed by atoms with Crippen LogP contribution < -0.4 is 5.32 Å². The van der Waals surface area contributed by atoms with E-state index in [4.69, 9.17) is 5.11 Å². The first-order valence-electron chi connectivity index (χ1n) is 5.80. The number of amides is 1. The van der Waals surface area contributed by atoms with Crippen LogP contribution >= 0.6 is 0 Å². The summed E-state index contributed by atoms with van der Waals surface area (Å²) >= 11 is 0. The number of carbonyl (C=O) groups is 2. The number of benzene rings is 1. The Morgan fingerprint density at radius 1 is 1.17 bits per heavy atom. The van der Waals surface area contributed by atoms with Crippen molar-refractivity contribution in [1.82, 2.24) is 5.32 Å². The number of rotatable bonds is 7. The Morgan fingerprint density at radius 2 is 1.83 bits per heavy atom. The SMILES string of the molecule is O=C(O)CCCC(=O)N[C@H](CO)c1ccccc1. The van der Waals surface area contributed by atoms with Gasteiger partial charge in [0.1, 0.15) is 0 Å². The van der Waals surface area contributed by atoms with Crippen LogP contribution in [0.15, 0.2) is 30.3 Å². The molecule has 98 valence electrons. The summed E-state index contributed by atoms with van der Waals surface area (Å²) in [6.45, 7) is -0.186. The lowest BCUT2D eigenvalue weighted by Gasteiger charge is -2.16. The molecule has 18 heavy (non-hydrogen) atoms. The van der Waals surface area contributed by atoms with Crippen molar-refractivity contribution in [3.63, 3.8) is 0 Å². The first-order chi connectivity index (χ1) is 8.63. The van der Waals surface area contributed by atoms with Crippen molar-refractivity contribution in [3.8, 4) is 0 Å². The molecule has 0 fully saturated rings. The molecular formula is C13H17NO4. The van der Waals surface area contributed by atoms with Crippen LogP contribution in [0.4, 0.5) is 0 Å². The quantitative estimate of drug-likeness (QED) is 0.677.